The predicted molar refractivity (Wildman–Crippen MR) is 81.6 cm³/mol. The van der Waals surface area contributed by atoms with Crippen LogP contribution in [0.1, 0.15) is 51.2 Å². The van der Waals surface area contributed by atoms with E-state index in [1.54, 1.807) is 0 Å². The van der Waals surface area contributed by atoms with Gasteiger partial charge in [-0.15, -0.1) is 0 Å². The summed E-state index contributed by atoms with van der Waals surface area (Å²) in [5.74, 6) is 1.17. The summed E-state index contributed by atoms with van der Waals surface area (Å²) in [5.41, 5.74) is 2.83. The number of aryl methyl sites for hydroxylation is 1. The van der Waals surface area contributed by atoms with E-state index in [0.29, 0.717) is 0 Å². The van der Waals surface area contributed by atoms with Gasteiger partial charge in [0.1, 0.15) is 5.82 Å². The third-order valence-electron chi connectivity index (χ3n) is 4.02. The molecule has 0 aliphatic carbocycles. The van der Waals surface area contributed by atoms with Gasteiger partial charge in [0.2, 0.25) is 0 Å². The topological polar surface area (TPSA) is 28.2 Å². The lowest BCUT2D eigenvalue weighted by Crippen LogP contribution is -2.39. The molecule has 2 rings (SSSR count). The van der Waals surface area contributed by atoms with Gasteiger partial charge in [-0.25, -0.2) is 4.98 Å². The van der Waals surface area contributed by atoms with E-state index in [1.165, 1.54) is 36.2 Å². The fourth-order valence-electron chi connectivity index (χ4n) is 2.91. The summed E-state index contributed by atoms with van der Waals surface area (Å²) in [7, 11) is 0. The number of aromatic nitrogens is 1. The van der Waals surface area contributed by atoms with Crippen molar-refractivity contribution in [2.45, 2.75) is 59.0 Å². The number of nitrogens with zero attached hydrogens (tertiary/aromatic N) is 2. The first kappa shape index (κ1) is 14.3. The Hall–Kier alpha value is -1.09. The average Bonchev–Trinajstić information content (AvgIpc) is 2.70. The summed E-state index contributed by atoms with van der Waals surface area (Å²) in [6, 6.07) is 2.28. The molecule has 0 aromatic carbocycles. The van der Waals surface area contributed by atoms with E-state index in [-0.39, 0.29) is 5.54 Å². The van der Waals surface area contributed by atoms with Crippen molar-refractivity contribution < 1.29 is 0 Å². The van der Waals surface area contributed by atoms with Gasteiger partial charge < -0.3 is 10.2 Å². The Morgan fingerprint density at radius 3 is 2.79 bits per heavy atom. The Bertz CT molecular complexity index is 426. The molecular weight excluding hydrogens is 234 g/mol. The highest BCUT2D eigenvalue weighted by molar-refractivity contribution is 5.50. The van der Waals surface area contributed by atoms with E-state index in [9.17, 15) is 0 Å². The first-order valence-electron chi connectivity index (χ1n) is 7.48. The molecule has 3 nitrogen and oxygen atoms in total. The summed E-state index contributed by atoms with van der Waals surface area (Å²) in [5, 5.41) is 3.43. The number of rotatable bonds is 5. The summed E-state index contributed by atoms with van der Waals surface area (Å²) in [6.07, 6.45) is 5.73. The van der Waals surface area contributed by atoms with Crippen LogP contribution < -0.4 is 10.2 Å². The second-order valence-corrected chi connectivity index (χ2v) is 6.23. The Morgan fingerprint density at radius 1 is 1.42 bits per heavy atom. The van der Waals surface area contributed by atoms with Crippen LogP contribution in [0, 0.1) is 6.92 Å². The van der Waals surface area contributed by atoms with E-state index >= 15 is 0 Å². The molecule has 0 amide bonds. The van der Waals surface area contributed by atoms with Crippen molar-refractivity contribution in [1.82, 2.24) is 10.3 Å². The highest BCUT2D eigenvalue weighted by Crippen LogP contribution is 2.34. The standard InChI is InChI=1S/C16H27N3/c1-5-8-17-11-14-10-13(2)15(18-12-14)19-9-6-7-16(19,3)4/h10,12,17H,5-9,11H2,1-4H3. The van der Waals surface area contributed by atoms with Crippen molar-refractivity contribution in [2.24, 2.45) is 0 Å². The van der Waals surface area contributed by atoms with Gasteiger partial charge in [-0.3, -0.25) is 0 Å². The fraction of sp³-hybridized carbons (Fsp3) is 0.688. The van der Waals surface area contributed by atoms with E-state index in [2.05, 4.69) is 44.0 Å². The van der Waals surface area contributed by atoms with Crippen molar-refractivity contribution in [1.29, 1.82) is 0 Å². The van der Waals surface area contributed by atoms with E-state index < -0.39 is 0 Å². The largest absolute Gasteiger partial charge is 0.351 e. The maximum atomic E-state index is 4.72. The zero-order chi connectivity index (χ0) is 13.9. The predicted octanol–water partition coefficient (Wildman–Crippen LogP) is 3.27. The molecule has 1 aliphatic rings. The molecule has 19 heavy (non-hydrogen) atoms. The molecule has 0 bridgehead atoms. The third kappa shape index (κ3) is 3.27. The van der Waals surface area contributed by atoms with E-state index in [4.69, 9.17) is 4.98 Å². The van der Waals surface area contributed by atoms with Gasteiger partial charge in [0.25, 0.3) is 0 Å². The van der Waals surface area contributed by atoms with Crippen LogP contribution in [-0.4, -0.2) is 23.6 Å². The van der Waals surface area contributed by atoms with Gasteiger partial charge in [0, 0.05) is 24.8 Å². The van der Waals surface area contributed by atoms with Crippen molar-refractivity contribution in [3.05, 3.63) is 23.4 Å². The lowest BCUT2D eigenvalue weighted by atomic mass is 10.0. The molecule has 0 unspecified atom stereocenters. The molecular formula is C16H27N3. The normalized spacial score (nSPS) is 18.0. The number of hydrogen-bond donors (Lipinski definition) is 1. The number of hydrogen-bond acceptors (Lipinski definition) is 3. The molecule has 1 saturated heterocycles. The van der Waals surface area contributed by atoms with Crippen LogP contribution in [-0.2, 0) is 6.54 Å². The maximum absolute atomic E-state index is 4.72. The number of nitrogens with one attached hydrogen (secondary N) is 1. The molecule has 1 aromatic rings. The Kier molecular flexibility index (Phi) is 4.46. The summed E-state index contributed by atoms with van der Waals surface area (Å²) in [6.45, 7) is 12.1. The van der Waals surface area contributed by atoms with Crippen LogP contribution in [0.15, 0.2) is 12.3 Å². The van der Waals surface area contributed by atoms with Crippen LogP contribution in [0.5, 0.6) is 0 Å². The summed E-state index contributed by atoms with van der Waals surface area (Å²) < 4.78 is 0. The maximum Gasteiger partial charge on any atom is 0.131 e. The van der Waals surface area contributed by atoms with Crippen molar-refractivity contribution in [3.63, 3.8) is 0 Å². The van der Waals surface area contributed by atoms with Crippen LogP contribution >= 0.6 is 0 Å². The second kappa shape index (κ2) is 5.91. The molecule has 1 N–H and O–H groups in total. The molecule has 1 aliphatic heterocycles. The van der Waals surface area contributed by atoms with Crippen molar-refractivity contribution >= 4 is 5.82 Å². The lowest BCUT2D eigenvalue weighted by molar-refractivity contribution is 0.513. The minimum Gasteiger partial charge on any atom is -0.351 e. The van der Waals surface area contributed by atoms with Gasteiger partial charge in [-0.2, -0.15) is 0 Å². The Labute approximate surface area is 117 Å². The van der Waals surface area contributed by atoms with Crippen LogP contribution in [0.3, 0.4) is 0 Å². The van der Waals surface area contributed by atoms with E-state index in [0.717, 1.165) is 19.6 Å². The fourth-order valence-corrected chi connectivity index (χ4v) is 2.91. The molecule has 0 radical (unpaired) electrons. The highest BCUT2D eigenvalue weighted by atomic mass is 15.3. The molecule has 106 valence electrons. The van der Waals surface area contributed by atoms with Gasteiger partial charge >= 0.3 is 0 Å². The minimum atomic E-state index is 0.250. The summed E-state index contributed by atoms with van der Waals surface area (Å²) in [4.78, 5) is 7.18. The highest BCUT2D eigenvalue weighted by Gasteiger charge is 2.33. The Balaban J connectivity index is 2.11. The van der Waals surface area contributed by atoms with Gasteiger partial charge in [-0.1, -0.05) is 6.92 Å². The van der Waals surface area contributed by atoms with Crippen LogP contribution in [0.2, 0.25) is 0 Å². The van der Waals surface area contributed by atoms with E-state index in [1.807, 2.05) is 6.20 Å². The molecule has 1 fully saturated rings. The number of pyridine rings is 1. The molecule has 0 spiro atoms. The van der Waals surface area contributed by atoms with Gasteiger partial charge in [0.15, 0.2) is 0 Å². The molecule has 1 aromatic heterocycles. The van der Waals surface area contributed by atoms with Crippen molar-refractivity contribution in [2.75, 3.05) is 18.0 Å². The van der Waals surface area contributed by atoms with Crippen LogP contribution in [0.4, 0.5) is 5.82 Å². The zero-order valence-electron chi connectivity index (χ0n) is 12.8. The minimum absolute atomic E-state index is 0.250. The zero-order valence-corrected chi connectivity index (χ0v) is 12.8. The van der Waals surface area contributed by atoms with Gasteiger partial charge in [-0.05, 0) is 63.8 Å². The smallest absolute Gasteiger partial charge is 0.131 e. The SMILES string of the molecule is CCCNCc1cnc(N2CCCC2(C)C)c(C)c1. The van der Waals surface area contributed by atoms with Gasteiger partial charge in [0.05, 0.1) is 0 Å². The molecule has 0 atom stereocenters. The molecule has 2 heterocycles. The quantitative estimate of drug-likeness (QED) is 0.825. The van der Waals surface area contributed by atoms with Crippen LogP contribution in [0.25, 0.3) is 0 Å². The third-order valence-corrected chi connectivity index (χ3v) is 4.02. The van der Waals surface area contributed by atoms with Crippen molar-refractivity contribution in [3.8, 4) is 0 Å². The first-order chi connectivity index (χ1) is 9.04. The second-order valence-electron chi connectivity index (χ2n) is 6.23. The first-order valence-corrected chi connectivity index (χ1v) is 7.48. The molecule has 0 saturated carbocycles. The average molecular weight is 261 g/mol. The summed E-state index contributed by atoms with van der Waals surface area (Å²) >= 11 is 0. The Morgan fingerprint density at radius 2 is 2.21 bits per heavy atom. The molecule has 3 heteroatoms. The monoisotopic (exact) mass is 261 g/mol. The lowest BCUT2D eigenvalue weighted by Gasteiger charge is -2.33. The number of anilines is 1.